The lowest BCUT2D eigenvalue weighted by Crippen LogP contribution is -2.49. The van der Waals surface area contributed by atoms with Crippen LogP contribution in [0.4, 0.5) is 0 Å². The predicted octanol–water partition coefficient (Wildman–Crippen LogP) is 1.92. The second kappa shape index (κ2) is 7.25. The van der Waals surface area contributed by atoms with Gasteiger partial charge < -0.3 is 10.5 Å². The first-order chi connectivity index (χ1) is 9.18. The minimum atomic E-state index is -0.175. The molecule has 0 spiro atoms. The van der Waals surface area contributed by atoms with Crippen LogP contribution in [0.15, 0.2) is 0 Å². The Labute approximate surface area is 116 Å². The van der Waals surface area contributed by atoms with Crippen molar-refractivity contribution in [3.63, 3.8) is 0 Å². The molecule has 1 saturated carbocycles. The summed E-state index contributed by atoms with van der Waals surface area (Å²) in [4.78, 5) is 13.6. The zero-order valence-electron chi connectivity index (χ0n) is 12.1. The number of ether oxygens (including phenoxy) is 1. The van der Waals surface area contributed by atoms with Gasteiger partial charge in [0.2, 0.25) is 5.91 Å². The van der Waals surface area contributed by atoms with Crippen molar-refractivity contribution < 1.29 is 9.53 Å². The Balaban J connectivity index is 1.73. The van der Waals surface area contributed by atoms with Crippen molar-refractivity contribution in [2.45, 2.75) is 64.0 Å². The minimum absolute atomic E-state index is 0.0684. The summed E-state index contributed by atoms with van der Waals surface area (Å²) in [5, 5.41) is 0. The molecule has 1 aliphatic heterocycles. The lowest BCUT2D eigenvalue weighted by atomic mass is 9.88. The van der Waals surface area contributed by atoms with Crippen LogP contribution in [0, 0.1) is 5.92 Å². The molecule has 3 atom stereocenters. The van der Waals surface area contributed by atoms with Crippen LogP contribution in [0.25, 0.3) is 0 Å². The molecule has 0 aromatic heterocycles. The monoisotopic (exact) mass is 268 g/mol. The van der Waals surface area contributed by atoms with Crippen molar-refractivity contribution in [2.24, 2.45) is 11.7 Å². The number of carbonyl (C=O) groups excluding carboxylic acids is 1. The standard InChI is InChI=1S/C15H28N2O2/c1-12-6-2-3-8-14(12)19-11-10-17-9-5-4-7-13(17)15(16)18/h12-14H,2-11H2,1H3,(H2,16,18). The maximum atomic E-state index is 11.4. The molecule has 4 heteroatoms. The van der Waals surface area contributed by atoms with E-state index in [1.807, 2.05) is 0 Å². The smallest absolute Gasteiger partial charge is 0.234 e. The largest absolute Gasteiger partial charge is 0.377 e. The van der Waals surface area contributed by atoms with Gasteiger partial charge in [0.1, 0.15) is 0 Å². The molecule has 1 aliphatic carbocycles. The molecule has 110 valence electrons. The SMILES string of the molecule is CC1CCCCC1OCCN1CCCCC1C(N)=O. The minimum Gasteiger partial charge on any atom is -0.377 e. The van der Waals surface area contributed by atoms with Gasteiger partial charge in [0.05, 0.1) is 18.8 Å². The second-order valence-electron chi connectivity index (χ2n) is 6.12. The number of carbonyl (C=O) groups is 1. The summed E-state index contributed by atoms with van der Waals surface area (Å²) in [5.41, 5.74) is 5.47. The van der Waals surface area contributed by atoms with Gasteiger partial charge in [0.25, 0.3) is 0 Å². The van der Waals surface area contributed by atoms with Gasteiger partial charge in [0.15, 0.2) is 0 Å². The molecule has 1 heterocycles. The number of hydrogen-bond donors (Lipinski definition) is 1. The van der Waals surface area contributed by atoms with Gasteiger partial charge in [-0.3, -0.25) is 9.69 Å². The Morgan fingerprint density at radius 2 is 1.95 bits per heavy atom. The van der Waals surface area contributed by atoms with Gasteiger partial charge in [-0.25, -0.2) is 0 Å². The Bertz CT molecular complexity index is 296. The number of amides is 1. The summed E-state index contributed by atoms with van der Waals surface area (Å²) < 4.78 is 6.03. The van der Waals surface area contributed by atoms with E-state index < -0.39 is 0 Å². The summed E-state index contributed by atoms with van der Waals surface area (Å²) in [7, 11) is 0. The van der Waals surface area contributed by atoms with Crippen molar-refractivity contribution in [3.05, 3.63) is 0 Å². The van der Waals surface area contributed by atoms with Gasteiger partial charge >= 0.3 is 0 Å². The highest BCUT2D eigenvalue weighted by Gasteiger charge is 2.27. The molecule has 0 radical (unpaired) electrons. The van der Waals surface area contributed by atoms with Gasteiger partial charge in [0, 0.05) is 6.54 Å². The summed E-state index contributed by atoms with van der Waals surface area (Å²) in [6.07, 6.45) is 8.74. The van der Waals surface area contributed by atoms with Gasteiger partial charge in [-0.2, -0.15) is 0 Å². The van der Waals surface area contributed by atoms with Crippen molar-refractivity contribution in [1.29, 1.82) is 0 Å². The summed E-state index contributed by atoms with van der Waals surface area (Å²) in [6.45, 7) is 4.85. The number of nitrogens with zero attached hydrogens (tertiary/aromatic N) is 1. The van der Waals surface area contributed by atoms with Crippen LogP contribution in [0.3, 0.4) is 0 Å². The van der Waals surface area contributed by atoms with E-state index in [2.05, 4.69) is 11.8 Å². The molecule has 0 bridgehead atoms. The first-order valence-electron chi connectivity index (χ1n) is 7.83. The Morgan fingerprint density at radius 1 is 1.21 bits per heavy atom. The third kappa shape index (κ3) is 4.18. The summed E-state index contributed by atoms with van der Waals surface area (Å²) >= 11 is 0. The van der Waals surface area contributed by atoms with E-state index in [9.17, 15) is 4.79 Å². The van der Waals surface area contributed by atoms with Gasteiger partial charge in [-0.1, -0.05) is 26.2 Å². The number of likely N-dealkylation sites (tertiary alicyclic amines) is 1. The average Bonchev–Trinajstić information content (AvgIpc) is 2.41. The average molecular weight is 268 g/mol. The first-order valence-corrected chi connectivity index (χ1v) is 7.83. The van der Waals surface area contributed by atoms with Crippen LogP contribution >= 0.6 is 0 Å². The molecular weight excluding hydrogens is 240 g/mol. The van der Waals surface area contributed by atoms with Crippen molar-refractivity contribution in [3.8, 4) is 0 Å². The van der Waals surface area contributed by atoms with E-state index >= 15 is 0 Å². The Morgan fingerprint density at radius 3 is 2.68 bits per heavy atom. The highest BCUT2D eigenvalue weighted by Crippen LogP contribution is 2.26. The molecule has 2 fully saturated rings. The molecule has 2 N–H and O–H groups in total. The quantitative estimate of drug-likeness (QED) is 0.829. The van der Waals surface area contributed by atoms with Crippen LogP contribution in [0.1, 0.15) is 51.9 Å². The molecule has 2 aliphatic rings. The summed E-state index contributed by atoms with van der Waals surface area (Å²) in [5.74, 6) is 0.507. The van der Waals surface area contributed by atoms with E-state index in [1.54, 1.807) is 0 Å². The van der Waals surface area contributed by atoms with E-state index in [1.165, 1.54) is 32.1 Å². The van der Waals surface area contributed by atoms with Crippen LogP contribution in [0.5, 0.6) is 0 Å². The van der Waals surface area contributed by atoms with Crippen LogP contribution in [0.2, 0.25) is 0 Å². The fourth-order valence-corrected chi connectivity index (χ4v) is 3.43. The molecule has 3 unspecified atom stereocenters. The summed E-state index contributed by atoms with van der Waals surface area (Å²) in [6, 6.07) is -0.0684. The van der Waals surface area contributed by atoms with Crippen molar-refractivity contribution in [2.75, 3.05) is 19.7 Å². The number of primary amides is 1. The molecule has 0 aromatic rings. The zero-order chi connectivity index (χ0) is 13.7. The number of rotatable bonds is 5. The molecule has 1 amide bonds. The highest BCUT2D eigenvalue weighted by atomic mass is 16.5. The molecular formula is C15H28N2O2. The van der Waals surface area contributed by atoms with Gasteiger partial charge in [-0.15, -0.1) is 0 Å². The third-order valence-electron chi connectivity index (χ3n) is 4.69. The Hall–Kier alpha value is -0.610. The fourth-order valence-electron chi connectivity index (χ4n) is 3.43. The highest BCUT2D eigenvalue weighted by molar-refractivity contribution is 5.79. The van der Waals surface area contributed by atoms with Crippen LogP contribution < -0.4 is 5.73 Å². The number of piperidine rings is 1. The van der Waals surface area contributed by atoms with E-state index in [4.69, 9.17) is 10.5 Å². The maximum Gasteiger partial charge on any atom is 0.234 e. The normalized spacial score (nSPS) is 33.2. The number of nitrogens with two attached hydrogens (primary N) is 1. The third-order valence-corrected chi connectivity index (χ3v) is 4.69. The molecule has 0 aromatic carbocycles. The molecule has 1 saturated heterocycles. The predicted molar refractivity (Wildman–Crippen MR) is 75.8 cm³/mol. The van der Waals surface area contributed by atoms with Gasteiger partial charge in [-0.05, 0) is 38.1 Å². The lowest BCUT2D eigenvalue weighted by Gasteiger charge is -2.34. The van der Waals surface area contributed by atoms with Crippen LogP contribution in [-0.4, -0.2) is 42.6 Å². The van der Waals surface area contributed by atoms with E-state index in [0.29, 0.717) is 12.0 Å². The lowest BCUT2D eigenvalue weighted by molar-refractivity contribution is -0.125. The maximum absolute atomic E-state index is 11.4. The molecule has 2 rings (SSSR count). The second-order valence-corrected chi connectivity index (χ2v) is 6.12. The zero-order valence-corrected chi connectivity index (χ0v) is 12.1. The van der Waals surface area contributed by atoms with Crippen molar-refractivity contribution in [1.82, 2.24) is 4.90 Å². The number of hydrogen-bond acceptors (Lipinski definition) is 3. The molecule has 19 heavy (non-hydrogen) atoms. The first kappa shape index (κ1) is 14.8. The molecule has 4 nitrogen and oxygen atoms in total. The van der Waals surface area contributed by atoms with E-state index in [0.717, 1.165) is 32.5 Å². The topological polar surface area (TPSA) is 55.6 Å². The van der Waals surface area contributed by atoms with E-state index in [-0.39, 0.29) is 11.9 Å². The Kier molecular flexibility index (Phi) is 5.64. The van der Waals surface area contributed by atoms with Crippen LogP contribution in [-0.2, 0) is 9.53 Å². The fraction of sp³-hybridized carbons (Fsp3) is 0.933. The van der Waals surface area contributed by atoms with Crippen molar-refractivity contribution >= 4 is 5.91 Å².